The third-order valence-corrected chi connectivity index (χ3v) is 7.40. The molecule has 0 radical (unpaired) electrons. The fourth-order valence-corrected chi connectivity index (χ4v) is 5.01. The zero-order valence-electron chi connectivity index (χ0n) is 20.0. The first-order valence-corrected chi connectivity index (χ1v) is 12.6. The van der Waals surface area contributed by atoms with Gasteiger partial charge in [-0.3, -0.25) is 4.98 Å². The lowest BCUT2D eigenvalue weighted by Crippen LogP contribution is -2.39. The molecule has 3 aromatic heterocycles. The molecule has 2 saturated heterocycles. The number of halogens is 1. The summed E-state index contributed by atoms with van der Waals surface area (Å²) in [5.41, 5.74) is 9.18. The van der Waals surface area contributed by atoms with Crippen molar-refractivity contribution in [3.8, 4) is 11.3 Å². The first-order chi connectivity index (χ1) is 16.5. The summed E-state index contributed by atoms with van der Waals surface area (Å²) in [5, 5.41) is 0.443. The van der Waals surface area contributed by atoms with Gasteiger partial charge in [0.25, 0.3) is 0 Å². The van der Waals surface area contributed by atoms with E-state index in [2.05, 4.69) is 61.5 Å². The van der Waals surface area contributed by atoms with Crippen molar-refractivity contribution < 1.29 is 0 Å². The number of hydrogen-bond acceptors (Lipinski definition) is 7. The number of nitrogens with zero attached hydrogens (tertiary/aromatic N) is 7. The van der Waals surface area contributed by atoms with E-state index in [4.69, 9.17) is 22.3 Å². The highest BCUT2D eigenvalue weighted by atomic mass is 35.5. The van der Waals surface area contributed by atoms with Gasteiger partial charge in [0.05, 0.1) is 5.69 Å². The Morgan fingerprint density at radius 1 is 1.09 bits per heavy atom. The van der Waals surface area contributed by atoms with E-state index in [0.717, 1.165) is 61.8 Å². The van der Waals surface area contributed by atoms with Gasteiger partial charge in [-0.05, 0) is 50.4 Å². The Balaban J connectivity index is 1.37. The second-order valence-corrected chi connectivity index (χ2v) is 10.0. The third kappa shape index (κ3) is 4.74. The molecule has 2 fully saturated rings. The summed E-state index contributed by atoms with van der Waals surface area (Å²) in [4.78, 5) is 22.8. The summed E-state index contributed by atoms with van der Waals surface area (Å²) in [7, 11) is 0. The van der Waals surface area contributed by atoms with Crippen LogP contribution >= 0.6 is 11.6 Å². The maximum Gasteiger partial charge on any atom is 0.153 e. The van der Waals surface area contributed by atoms with E-state index in [0.29, 0.717) is 22.7 Å². The molecule has 3 aromatic rings. The number of nitrogen functional groups attached to an aromatic ring is 1. The van der Waals surface area contributed by atoms with Crippen molar-refractivity contribution in [3.63, 3.8) is 0 Å². The number of hydrogen-bond donors (Lipinski definition) is 1. The number of rotatable bonds is 7. The van der Waals surface area contributed by atoms with Crippen LogP contribution in [0.15, 0.2) is 30.9 Å². The monoisotopic (exact) mass is 480 g/mol. The van der Waals surface area contributed by atoms with E-state index < -0.39 is 0 Å². The van der Waals surface area contributed by atoms with Crippen molar-refractivity contribution in [2.75, 3.05) is 43.4 Å². The average Bonchev–Trinajstić information content (AvgIpc) is 3.24. The van der Waals surface area contributed by atoms with Gasteiger partial charge < -0.3 is 20.1 Å². The summed E-state index contributed by atoms with van der Waals surface area (Å²) < 4.78 is 2.39. The Morgan fingerprint density at radius 3 is 2.59 bits per heavy atom. The molecule has 2 aliphatic heterocycles. The fourth-order valence-electron chi connectivity index (χ4n) is 4.80. The van der Waals surface area contributed by atoms with Gasteiger partial charge in [-0.2, -0.15) is 0 Å². The maximum atomic E-state index is 6.38. The summed E-state index contributed by atoms with van der Waals surface area (Å²) in [6.45, 7) is 10.5. The van der Waals surface area contributed by atoms with Crippen molar-refractivity contribution in [1.29, 1.82) is 0 Å². The second kappa shape index (κ2) is 9.88. The fraction of sp³-hybridized carbons (Fsp3) is 0.520. The highest BCUT2D eigenvalue weighted by molar-refractivity contribution is 6.35. The average molecular weight is 481 g/mol. The third-order valence-electron chi connectivity index (χ3n) is 7.04. The lowest BCUT2D eigenvalue weighted by Gasteiger charge is -2.34. The molecule has 8 nitrogen and oxygen atoms in total. The van der Waals surface area contributed by atoms with Crippen LogP contribution in [0.5, 0.6) is 0 Å². The van der Waals surface area contributed by atoms with Gasteiger partial charge in [-0.1, -0.05) is 25.4 Å². The van der Waals surface area contributed by atoms with Crippen molar-refractivity contribution in [1.82, 2.24) is 29.4 Å². The van der Waals surface area contributed by atoms with Gasteiger partial charge in [-0.25, -0.2) is 15.0 Å². The van der Waals surface area contributed by atoms with Crippen LogP contribution in [0.25, 0.3) is 11.3 Å². The molecule has 2 aliphatic rings. The lowest BCUT2D eigenvalue weighted by molar-refractivity contribution is 0.173. The summed E-state index contributed by atoms with van der Waals surface area (Å²) >= 11 is 6.38. The summed E-state index contributed by atoms with van der Waals surface area (Å²) in [5.74, 6) is 3.03. The quantitative estimate of drug-likeness (QED) is 0.542. The minimum absolute atomic E-state index is 0.332. The smallest absolute Gasteiger partial charge is 0.153 e. The van der Waals surface area contributed by atoms with Crippen LogP contribution in [-0.4, -0.2) is 62.1 Å². The first kappa shape index (κ1) is 23.1. The first-order valence-electron chi connectivity index (χ1n) is 12.3. The SMILES string of the molecule is CC(C)c1cc(-c2cn(CCN3CCC3)c(C3CCN(c4ncnc(N)c4Cl)CC3)n2)ccn1. The van der Waals surface area contributed by atoms with Crippen molar-refractivity contribution in [2.24, 2.45) is 0 Å². The topological polar surface area (TPSA) is 89.0 Å². The predicted octanol–water partition coefficient (Wildman–Crippen LogP) is 4.18. The van der Waals surface area contributed by atoms with Crippen LogP contribution in [-0.2, 0) is 6.54 Å². The van der Waals surface area contributed by atoms with Crippen LogP contribution in [0.3, 0.4) is 0 Å². The van der Waals surface area contributed by atoms with Crippen LogP contribution in [0, 0.1) is 0 Å². The van der Waals surface area contributed by atoms with Crippen molar-refractivity contribution in [2.45, 2.75) is 51.5 Å². The molecule has 0 atom stereocenters. The largest absolute Gasteiger partial charge is 0.382 e. The van der Waals surface area contributed by atoms with Gasteiger partial charge >= 0.3 is 0 Å². The Morgan fingerprint density at radius 2 is 1.88 bits per heavy atom. The highest BCUT2D eigenvalue weighted by Gasteiger charge is 2.27. The highest BCUT2D eigenvalue weighted by Crippen LogP contribution is 2.34. The van der Waals surface area contributed by atoms with Gasteiger partial charge in [0.1, 0.15) is 23.0 Å². The summed E-state index contributed by atoms with van der Waals surface area (Å²) in [6.07, 6.45) is 8.92. The van der Waals surface area contributed by atoms with Gasteiger partial charge in [0.2, 0.25) is 0 Å². The molecule has 0 amide bonds. The van der Waals surface area contributed by atoms with Crippen molar-refractivity contribution >= 4 is 23.2 Å². The molecular weight excluding hydrogens is 448 g/mol. The minimum Gasteiger partial charge on any atom is -0.382 e. The van der Waals surface area contributed by atoms with E-state index in [9.17, 15) is 0 Å². The van der Waals surface area contributed by atoms with E-state index in [1.54, 1.807) is 0 Å². The number of pyridine rings is 1. The molecule has 5 heterocycles. The number of anilines is 2. The van der Waals surface area contributed by atoms with Gasteiger partial charge in [-0.15, -0.1) is 0 Å². The van der Waals surface area contributed by atoms with Crippen LogP contribution in [0.4, 0.5) is 11.6 Å². The molecule has 2 N–H and O–H groups in total. The normalized spacial score (nSPS) is 17.4. The van der Waals surface area contributed by atoms with E-state index in [1.807, 2.05) is 6.20 Å². The molecule has 9 heteroatoms. The Bertz CT molecular complexity index is 1130. The number of imidazole rings is 1. The Hall–Kier alpha value is -2.71. The zero-order valence-corrected chi connectivity index (χ0v) is 20.7. The molecule has 34 heavy (non-hydrogen) atoms. The van der Waals surface area contributed by atoms with E-state index in [1.165, 1.54) is 31.7 Å². The minimum atomic E-state index is 0.332. The zero-order chi connectivity index (χ0) is 23.7. The Labute approximate surface area is 206 Å². The number of nitrogens with two attached hydrogens (primary N) is 1. The van der Waals surface area contributed by atoms with Crippen LogP contribution < -0.4 is 10.6 Å². The molecule has 0 aromatic carbocycles. The lowest BCUT2D eigenvalue weighted by atomic mass is 9.96. The molecule has 5 rings (SSSR count). The molecule has 180 valence electrons. The molecule has 0 spiro atoms. The maximum absolute atomic E-state index is 6.38. The molecule has 0 bridgehead atoms. The van der Waals surface area contributed by atoms with E-state index >= 15 is 0 Å². The number of piperidine rings is 1. The number of aromatic nitrogens is 5. The molecule has 0 unspecified atom stereocenters. The standard InChI is InChI=1S/C25H33ClN8/c1-17(2)20-14-19(4-7-28-20)21-15-34(13-12-32-8-3-9-32)24(31-21)18-5-10-33(11-6-18)25-22(26)23(27)29-16-30-25/h4,7,14-18H,3,5-6,8-13H2,1-2H3,(H2,27,29,30). The molecule has 0 saturated carbocycles. The number of likely N-dealkylation sites (tertiary alicyclic amines) is 1. The Kier molecular flexibility index (Phi) is 6.70. The summed E-state index contributed by atoms with van der Waals surface area (Å²) in [6, 6.07) is 4.25. The van der Waals surface area contributed by atoms with Crippen molar-refractivity contribution in [3.05, 3.63) is 47.4 Å². The molecule has 0 aliphatic carbocycles. The van der Waals surface area contributed by atoms with E-state index in [-0.39, 0.29) is 0 Å². The second-order valence-electron chi connectivity index (χ2n) is 9.65. The van der Waals surface area contributed by atoms with Crippen LogP contribution in [0.1, 0.15) is 56.5 Å². The molecular formula is C25H33ClN8. The van der Waals surface area contributed by atoms with Gasteiger partial charge in [0.15, 0.2) is 5.82 Å². The van der Waals surface area contributed by atoms with Gasteiger partial charge in [0, 0.05) is 55.7 Å². The van der Waals surface area contributed by atoms with Crippen LogP contribution in [0.2, 0.25) is 5.02 Å². The predicted molar refractivity (Wildman–Crippen MR) is 136 cm³/mol.